The summed E-state index contributed by atoms with van der Waals surface area (Å²) in [6.45, 7) is 9.73. The highest BCUT2D eigenvalue weighted by Gasteiger charge is 2.47. The fraction of sp³-hybridized carbons (Fsp3) is 0.333. The first-order valence-electron chi connectivity index (χ1n) is 7.71. The van der Waals surface area contributed by atoms with Gasteiger partial charge in [0, 0.05) is 8.96 Å². The summed E-state index contributed by atoms with van der Waals surface area (Å²) in [5.41, 5.74) is 5.96. The molecule has 0 aromatic rings. The van der Waals surface area contributed by atoms with Crippen LogP contribution in [0.15, 0.2) is 64.6 Å². The van der Waals surface area contributed by atoms with Crippen molar-refractivity contribution in [1.82, 2.24) is 0 Å². The molecule has 2 aliphatic heterocycles. The Morgan fingerprint density at radius 2 is 1.22 bits per heavy atom. The average Bonchev–Trinajstić information content (AvgIpc) is 3.16. The molecular formula is C18H18Br2S2Si. The first-order valence-corrected chi connectivity index (χ1v) is 14.2. The average molecular weight is 486 g/mol. The highest BCUT2D eigenvalue weighted by Crippen LogP contribution is 2.55. The van der Waals surface area contributed by atoms with Crippen molar-refractivity contribution in [3.8, 4) is 0 Å². The number of thioether (sulfide) groups is 2. The molecule has 0 saturated carbocycles. The molecule has 2 unspecified atom stereocenters. The van der Waals surface area contributed by atoms with E-state index in [-0.39, 0.29) is 0 Å². The van der Waals surface area contributed by atoms with Gasteiger partial charge >= 0.3 is 0 Å². The predicted octanol–water partition coefficient (Wildman–Crippen LogP) is 6.99. The van der Waals surface area contributed by atoms with Gasteiger partial charge in [-0.25, -0.2) is 0 Å². The SMILES string of the molecule is CC1=C([Si](C)(C)C2=C(C)C=C3C(Br)=CSC32)C2SC=C(Br)C2=C1. The van der Waals surface area contributed by atoms with Gasteiger partial charge in [-0.1, -0.05) is 46.8 Å². The molecule has 0 aromatic heterocycles. The second-order valence-corrected chi connectivity index (χ2v) is 15.0. The summed E-state index contributed by atoms with van der Waals surface area (Å²) in [5, 5.41) is 9.06. The van der Waals surface area contributed by atoms with Crippen molar-refractivity contribution in [2.75, 3.05) is 0 Å². The van der Waals surface area contributed by atoms with Crippen LogP contribution in [0.2, 0.25) is 13.1 Å². The molecule has 0 radical (unpaired) electrons. The van der Waals surface area contributed by atoms with Gasteiger partial charge in [0.2, 0.25) is 0 Å². The van der Waals surface area contributed by atoms with Crippen LogP contribution in [-0.2, 0) is 0 Å². The Morgan fingerprint density at radius 1 is 0.826 bits per heavy atom. The van der Waals surface area contributed by atoms with E-state index in [0.717, 1.165) is 0 Å². The van der Waals surface area contributed by atoms with E-state index in [2.05, 4.69) is 81.8 Å². The van der Waals surface area contributed by atoms with Gasteiger partial charge in [0.1, 0.15) is 8.07 Å². The highest BCUT2D eigenvalue weighted by molar-refractivity contribution is 9.12. The van der Waals surface area contributed by atoms with Gasteiger partial charge in [0.05, 0.1) is 10.5 Å². The Kier molecular flexibility index (Phi) is 4.13. The summed E-state index contributed by atoms with van der Waals surface area (Å²) < 4.78 is 2.56. The van der Waals surface area contributed by atoms with Crippen molar-refractivity contribution in [2.45, 2.75) is 37.4 Å². The number of hydrogen-bond donors (Lipinski definition) is 0. The number of fused-ring (bicyclic) bond motifs is 2. The molecule has 0 spiro atoms. The summed E-state index contributed by atoms with van der Waals surface area (Å²) in [6.07, 6.45) is 4.81. The summed E-state index contributed by atoms with van der Waals surface area (Å²) in [5.74, 6) is 0. The molecule has 0 bridgehead atoms. The summed E-state index contributed by atoms with van der Waals surface area (Å²) in [4.78, 5) is 0. The molecule has 120 valence electrons. The van der Waals surface area contributed by atoms with E-state index in [9.17, 15) is 0 Å². The quantitative estimate of drug-likeness (QED) is 0.386. The smallest absolute Gasteiger partial charge is 0.107 e. The van der Waals surface area contributed by atoms with Crippen molar-refractivity contribution in [2.24, 2.45) is 0 Å². The van der Waals surface area contributed by atoms with Crippen LogP contribution in [0.4, 0.5) is 0 Å². The maximum Gasteiger partial charge on any atom is 0.107 e. The van der Waals surface area contributed by atoms with Gasteiger partial charge in [-0.05, 0) is 67.7 Å². The molecule has 23 heavy (non-hydrogen) atoms. The second kappa shape index (κ2) is 5.66. The van der Waals surface area contributed by atoms with E-state index in [1.54, 1.807) is 10.4 Å². The lowest BCUT2D eigenvalue weighted by molar-refractivity contribution is 1.24. The molecule has 5 heteroatoms. The molecule has 4 rings (SSSR count). The fourth-order valence-corrected chi connectivity index (χ4v) is 14.3. The van der Waals surface area contributed by atoms with Gasteiger partial charge in [0.15, 0.2) is 0 Å². The Balaban J connectivity index is 1.74. The van der Waals surface area contributed by atoms with E-state index >= 15 is 0 Å². The van der Waals surface area contributed by atoms with Gasteiger partial charge in [0.25, 0.3) is 0 Å². The molecule has 0 N–H and O–H groups in total. The van der Waals surface area contributed by atoms with Crippen molar-refractivity contribution in [1.29, 1.82) is 0 Å². The molecule has 0 aromatic carbocycles. The molecule has 0 fully saturated rings. The number of hydrogen-bond acceptors (Lipinski definition) is 2. The molecule has 0 nitrogen and oxygen atoms in total. The Morgan fingerprint density at radius 3 is 1.61 bits per heavy atom. The number of rotatable bonds is 2. The first-order chi connectivity index (χ1) is 10.8. The zero-order chi connectivity index (χ0) is 16.5. The summed E-state index contributed by atoms with van der Waals surface area (Å²) in [7, 11) is -1.69. The second-order valence-electron chi connectivity index (χ2n) is 6.98. The lowest BCUT2D eigenvalue weighted by atomic mass is 10.2. The monoisotopic (exact) mass is 484 g/mol. The van der Waals surface area contributed by atoms with E-state index in [1.165, 1.54) is 31.3 Å². The maximum atomic E-state index is 3.74. The van der Waals surface area contributed by atoms with Crippen LogP contribution in [-0.4, -0.2) is 18.6 Å². The third-order valence-electron chi connectivity index (χ3n) is 5.20. The topological polar surface area (TPSA) is 0 Å². The molecule has 2 heterocycles. The zero-order valence-corrected chi connectivity index (χ0v) is 19.3. The third kappa shape index (κ3) is 2.37. The van der Waals surface area contributed by atoms with E-state index in [1.807, 2.05) is 23.5 Å². The van der Waals surface area contributed by atoms with Gasteiger partial charge in [-0.3, -0.25) is 0 Å². The lowest BCUT2D eigenvalue weighted by Crippen LogP contribution is -2.40. The maximum absolute atomic E-state index is 3.74. The van der Waals surface area contributed by atoms with E-state index < -0.39 is 8.07 Å². The predicted molar refractivity (Wildman–Crippen MR) is 116 cm³/mol. The van der Waals surface area contributed by atoms with Gasteiger partial charge in [-0.2, -0.15) is 0 Å². The Bertz CT molecular complexity index is 743. The van der Waals surface area contributed by atoms with Crippen LogP contribution in [0.5, 0.6) is 0 Å². The first kappa shape index (κ1) is 16.8. The minimum absolute atomic E-state index is 0.540. The summed E-state index contributed by atoms with van der Waals surface area (Å²) >= 11 is 11.4. The fourth-order valence-electron chi connectivity index (χ4n) is 4.35. The van der Waals surface area contributed by atoms with Crippen molar-refractivity contribution < 1.29 is 0 Å². The minimum atomic E-state index is -1.69. The van der Waals surface area contributed by atoms with Crippen LogP contribution in [0.3, 0.4) is 0 Å². The molecule has 0 amide bonds. The van der Waals surface area contributed by atoms with E-state index in [0.29, 0.717) is 10.5 Å². The van der Waals surface area contributed by atoms with Gasteiger partial charge < -0.3 is 0 Å². The minimum Gasteiger partial charge on any atom is -0.121 e. The van der Waals surface area contributed by atoms with Crippen molar-refractivity contribution in [3.63, 3.8) is 0 Å². The van der Waals surface area contributed by atoms with Crippen LogP contribution < -0.4 is 0 Å². The third-order valence-corrected chi connectivity index (χ3v) is 13.9. The zero-order valence-electron chi connectivity index (χ0n) is 13.5. The van der Waals surface area contributed by atoms with Gasteiger partial charge in [-0.15, -0.1) is 23.5 Å². The van der Waals surface area contributed by atoms with Crippen LogP contribution >= 0.6 is 55.4 Å². The van der Waals surface area contributed by atoms with Crippen molar-refractivity contribution >= 4 is 63.5 Å². The standard InChI is InChI=1S/C18H18Br2S2Si/c1-9-5-11-13(19)7-21-15(11)17(9)23(3,4)18-10(2)6-12-14(20)8-22-16(12)18/h5-8,15-16H,1-4H3. The number of halogens is 2. The van der Waals surface area contributed by atoms with Crippen LogP contribution in [0.1, 0.15) is 13.8 Å². The van der Waals surface area contributed by atoms with Crippen LogP contribution in [0.25, 0.3) is 0 Å². The molecule has 4 aliphatic rings. The van der Waals surface area contributed by atoms with Crippen molar-refractivity contribution in [3.05, 3.63) is 64.6 Å². The lowest BCUT2D eigenvalue weighted by Gasteiger charge is -2.34. The Hall–Kier alpha value is 0.317. The van der Waals surface area contributed by atoms with E-state index in [4.69, 9.17) is 0 Å². The largest absolute Gasteiger partial charge is 0.121 e. The molecule has 2 atom stereocenters. The molecule has 2 aliphatic carbocycles. The summed E-state index contributed by atoms with van der Waals surface area (Å²) in [6, 6.07) is 0. The Labute approximate surface area is 164 Å². The normalized spacial score (nSPS) is 29.7. The highest BCUT2D eigenvalue weighted by atomic mass is 79.9. The molecular weight excluding hydrogens is 468 g/mol. The van der Waals surface area contributed by atoms with Crippen LogP contribution in [0, 0.1) is 0 Å². The molecule has 0 saturated heterocycles. The number of allylic oxidation sites excluding steroid dienone is 6.